The van der Waals surface area contributed by atoms with Gasteiger partial charge in [-0.25, -0.2) is 17.6 Å². The highest BCUT2D eigenvalue weighted by molar-refractivity contribution is 7.89. The van der Waals surface area contributed by atoms with Crippen molar-refractivity contribution in [1.82, 2.24) is 14.5 Å². The number of sulfonamides is 1. The molecule has 176 valence electrons. The van der Waals surface area contributed by atoms with Crippen LogP contribution in [0.2, 0.25) is 0 Å². The van der Waals surface area contributed by atoms with Crippen LogP contribution in [0.15, 0.2) is 29.2 Å². The molecule has 1 aliphatic rings. The fraction of sp³-hybridized carbons (Fsp3) is 0.556. The maximum atomic E-state index is 13.0. The zero-order valence-electron chi connectivity index (χ0n) is 16.9. The topological polar surface area (TPSA) is 107 Å². The summed E-state index contributed by atoms with van der Waals surface area (Å²) in [5.41, 5.74) is 0. The maximum Gasteiger partial charge on any atom is 0.490 e. The molecule has 1 aromatic rings. The lowest BCUT2D eigenvalue weighted by molar-refractivity contribution is -0.192. The van der Waals surface area contributed by atoms with Crippen LogP contribution in [0.1, 0.15) is 19.8 Å². The first-order chi connectivity index (χ1) is 14.4. The Labute approximate surface area is 177 Å². The lowest BCUT2D eigenvalue weighted by Crippen LogP contribution is -2.47. The molecule has 0 aromatic heterocycles. The number of benzene rings is 1. The molecule has 1 heterocycles. The molecular formula is C18H25F4N3O5S. The number of carbonyl (C=O) groups excluding carboxylic acids is 1. The molecule has 0 aliphatic carbocycles. The molecule has 1 fully saturated rings. The summed E-state index contributed by atoms with van der Waals surface area (Å²) in [5.74, 6) is -3.27. The Bertz CT molecular complexity index is 826. The second-order valence-electron chi connectivity index (χ2n) is 6.54. The smallest absolute Gasteiger partial charge is 0.475 e. The third-order valence-electron chi connectivity index (χ3n) is 4.21. The third kappa shape index (κ3) is 8.79. The number of alkyl halides is 3. The minimum atomic E-state index is -5.08. The lowest BCUT2D eigenvalue weighted by atomic mass is 10.3. The van der Waals surface area contributed by atoms with Gasteiger partial charge in [-0.05, 0) is 30.7 Å². The predicted octanol–water partition coefficient (Wildman–Crippen LogP) is 1.68. The van der Waals surface area contributed by atoms with E-state index >= 15 is 0 Å². The summed E-state index contributed by atoms with van der Waals surface area (Å²) in [6, 6.07) is 4.77. The van der Waals surface area contributed by atoms with Gasteiger partial charge in [-0.2, -0.15) is 17.5 Å². The molecule has 0 atom stereocenters. The van der Waals surface area contributed by atoms with E-state index in [9.17, 15) is 30.8 Å². The average Bonchev–Trinajstić information content (AvgIpc) is 2.71. The summed E-state index contributed by atoms with van der Waals surface area (Å²) in [6.45, 7) is 5.17. The Kier molecular flexibility index (Phi) is 10.3. The van der Waals surface area contributed by atoms with E-state index in [0.717, 1.165) is 25.2 Å². The molecule has 0 spiro atoms. The Morgan fingerprint density at radius 2 is 1.65 bits per heavy atom. The van der Waals surface area contributed by atoms with Crippen molar-refractivity contribution in [3.05, 3.63) is 30.1 Å². The molecule has 0 saturated carbocycles. The summed E-state index contributed by atoms with van der Waals surface area (Å²) in [5, 5.41) is 10.3. The number of carboxylic acids is 1. The van der Waals surface area contributed by atoms with Crippen LogP contribution in [0.25, 0.3) is 0 Å². The number of hydrogen-bond acceptors (Lipinski definition) is 5. The fourth-order valence-corrected chi connectivity index (χ4v) is 4.18. The molecule has 1 aromatic carbocycles. The van der Waals surface area contributed by atoms with Crippen molar-refractivity contribution in [1.29, 1.82) is 0 Å². The predicted molar refractivity (Wildman–Crippen MR) is 103 cm³/mol. The molecule has 8 nitrogen and oxygen atoms in total. The van der Waals surface area contributed by atoms with Gasteiger partial charge >= 0.3 is 12.1 Å². The van der Waals surface area contributed by atoms with E-state index in [1.807, 2.05) is 6.92 Å². The minimum absolute atomic E-state index is 0.0353. The zero-order chi connectivity index (χ0) is 23.7. The molecule has 1 amide bonds. The van der Waals surface area contributed by atoms with Gasteiger partial charge in [0.05, 0.1) is 4.90 Å². The van der Waals surface area contributed by atoms with Crippen molar-refractivity contribution in [3.63, 3.8) is 0 Å². The SMILES string of the molecule is CCCN(CCC(=O)N1CCNCC1)S(=O)(=O)c1ccc(F)cc1.O=C(O)C(F)(F)F. The van der Waals surface area contributed by atoms with Crippen LogP contribution in [0.4, 0.5) is 17.6 Å². The van der Waals surface area contributed by atoms with Crippen LogP contribution in [0.5, 0.6) is 0 Å². The van der Waals surface area contributed by atoms with E-state index in [1.54, 1.807) is 4.90 Å². The summed E-state index contributed by atoms with van der Waals surface area (Å²) >= 11 is 0. The number of amides is 1. The van der Waals surface area contributed by atoms with Crippen molar-refractivity contribution in [2.45, 2.75) is 30.8 Å². The normalized spacial score (nSPS) is 14.7. The number of aliphatic carboxylic acids is 1. The number of nitrogens with zero attached hydrogens (tertiary/aromatic N) is 2. The van der Waals surface area contributed by atoms with Gasteiger partial charge in [0.2, 0.25) is 15.9 Å². The lowest BCUT2D eigenvalue weighted by Gasteiger charge is -2.28. The summed E-state index contributed by atoms with van der Waals surface area (Å²) in [4.78, 5) is 22.9. The van der Waals surface area contributed by atoms with Crippen LogP contribution < -0.4 is 5.32 Å². The van der Waals surface area contributed by atoms with Crippen LogP contribution in [0, 0.1) is 5.82 Å². The van der Waals surface area contributed by atoms with Crippen molar-refractivity contribution < 1.29 is 40.7 Å². The zero-order valence-corrected chi connectivity index (χ0v) is 17.7. The minimum Gasteiger partial charge on any atom is -0.475 e. The highest BCUT2D eigenvalue weighted by Crippen LogP contribution is 2.17. The summed E-state index contributed by atoms with van der Waals surface area (Å²) < 4.78 is 71.4. The first-order valence-corrected chi connectivity index (χ1v) is 10.9. The standard InChI is InChI=1S/C16H24FN3O3S.C2HF3O2/c1-2-10-20(11-7-16(21)19-12-8-18-9-13-19)24(22,23)15-5-3-14(17)4-6-15;3-2(4,5)1(6)7/h3-6,18H,2,7-13H2,1H3;(H,6,7). The average molecular weight is 471 g/mol. The molecular weight excluding hydrogens is 446 g/mol. The van der Waals surface area contributed by atoms with Gasteiger partial charge in [-0.1, -0.05) is 6.92 Å². The first kappa shape index (κ1) is 26.8. The Morgan fingerprint density at radius 3 is 2.10 bits per heavy atom. The van der Waals surface area contributed by atoms with E-state index in [-0.39, 0.29) is 23.8 Å². The maximum absolute atomic E-state index is 13.0. The van der Waals surface area contributed by atoms with Crippen LogP contribution in [0.3, 0.4) is 0 Å². The Morgan fingerprint density at radius 1 is 1.13 bits per heavy atom. The van der Waals surface area contributed by atoms with Gasteiger partial charge in [-0.15, -0.1) is 0 Å². The second kappa shape index (κ2) is 12.0. The van der Waals surface area contributed by atoms with E-state index in [4.69, 9.17) is 9.90 Å². The van der Waals surface area contributed by atoms with Gasteiger partial charge in [0.25, 0.3) is 0 Å². The van der Waals surface area contributed by atoms with Crippen molar-refractivity contribution in [2.75, 3.05) is 39.3 Å². The van der Waals surface area contributed by atoms with E-state index in [2.05, 4.69) is 5.32 Å². The van der Waals surface area contributed by atoms with E-state index < -0.39 is 28.0 Å². The number of halogens is 4. The molecule has 0 radical (unpaired) electrons. The van der Waals surface area contributed by atoms with Crippen molar-refractivity contribution in [3.8, 4) is 0 Å². The van der Waals surface area contributed by atoms with Crippen molar-refractivity contribution >= 4 is 21.9 Å². The fourth-order valence-electron chi connectivity index (χ4n) is 2.65. The number of carboxylic acid groups (broad SMARTS) is 1. The van der Waals surface area contributed by atoms with Crippen LogP contribution in [-0.2, 0) is 19.6 Å². The highest BCUT2D eigenvalue weighted by atomic mass is 32.2. The van der Waals surface area contributed by atoms with Crippen molar-refractivity contribution in [2.24, 2.45) is 0 Å². The quantitative estimate of drug-likeness (QED) is 0.586. The third-order valence-corrected chi connectivity index (χ3v) is 6.12. The number of piperazine rings is 1. The molecule has 2 rings (SSSR count). The molecule has 1 aliphatic heterocycles. The molecule has 0 bridgehead atoms. The number of carbonyl (C=O) groups is 2. The number of nitrogens with one attached hydrogen (secondary N) is 1. The molecule has 0 unspecified atom stereocenters. The molecule has 13 heteroatoms. The highest BCUT2D eigenvalue weighted by Gasteiger charge is 2.38. The summed E-state index contributed by atoms with van der Waals surface area (Å²) in [6.07, 6.45) is -4.29. The largest absolute Gasteiger partial charge is 0.490 e. The van der Waals surface area contributed by atoms with Crippen LogP contribution >= 0.6 is 0 Å². The molecule has 31 heavy (non-hydrogen) atoms. The second-order valence-corrected chi connectivity index (χ2v) is 8.48. The monoisotopic (exact) mass is 471 g/mol. The van der Waals surface area contributed by atoms with Gasteiger partial charge in [0.15, 0.2) is 0 Å². The summed E-state index contributed by atoms with van der Waals surface area (Å²) in [7, 11) is -3.72. The van der Waals surface area contributed by atoms with Gasteiger partial charge < -0.3 is 15.3 Å². The number of rotatable bonds is 7. The first-order valence-electron chi connectivity index (χ1n) is 9.44. The Hall–Kier alpha value is -2.25. The molecule has 1 saturated heterocycles. The van der Waals surface area contributed by atoms with Gasteiger partial charge in [-0.3, -0.25) is 4.79 Å². The van der Waals surface area contributed by atoms with E-state index in [1.165, 1.54) is 16.4 Å². The van der Waals surface area contributed by atoms with Gasteiger partial charge in [0.1, 0.15) is 5.82 Å². The van der Waals surface area contributed by atoms with Crippen LogP contribution in [-0.4, -0.2) is 80.1 Å². The molecule has 2 N–H and O–H groups in total. The van der Waals surface area contributed by atoms with Gasteiger partial charge in [0, 0.05) is 45.7 Å². The Balaban J connectivity index is 0.000000592. The number of hydrogen-bond donors (Lipinski definition) is 2. The van der Waals surface area contributed by atoms with E-state index in [0.29, 0.717) is 26.1 Å².